The van der Waals surface area contributed by atoms with Crippen LogP contribution in [0.4, 0.5) is 0 Å². The molecule has 1 aliphatic rings. The number of benzene rings is 1. The van der Waals surface area contributed by atoms with Crippen LogP contribution in [0.1, 0.15) is 18.1 Å². The summed E-state index contributed by atoms with van der Waals surface area (Å²) < 4.78 is 11.2. The van der Waals surface area contributed by atoms with Gasteiger partial charge in [-0.2, -0.15) is 0 Å². The van der Waals surface area contributed by atoms with Crippen LogP contribution < -0.4 is 0 Å². The summed E-state index contributed by atoms with van der Waals surface area (Å²) in [5.41, 5.74) is 2.57. The van der Waals surface area contributed by atoms with Crippen LogP contribution in [0.2, 0.25) is 0 Å². The fourth-order valence-electron chi connectivity index (χ4n) is 1.79. The zero-order valence-corrected chi connectivity index (χ0v) is 9.40. The number of hydrogen-bond acceptors (Lipinski definition) is 3. The third kappa shape index (κ3) is 2.02. The van der Waals surface area contributed by atoms with Crippen molar-refractivity contribution in [3.63, 3.8) is 0 Å². The molecule has 1 aromatic rings. The van der Waals surface area contributed by atoms with Crippen molar-refractivity contribution in [1.29, 1.82) is 0 Å². The van der Waals surface area contributed by atoms with Gasteiger partial charge in [-0.1, -0.05) is 24.8 Å². The van der Waals surface area contributed by atoms with Gasteiger partial charge in [-0.25, -0.2) is 0 Å². The van der Waals surface area contributed by atoms with Crippen molar-refractivity contribution in [2.75, 3.05) is 19.8 Å². The normalized spacial score (nSPS) is 18.6. The van der Waals surface area contributed by atoms with Crippen molar-refractivity contribution in [3.8, 4) is 0 Å². The molecule has 0 aromatic heterocycles. The van der Waals surface area contributed by atoms with Crippen molar-refractivity contribution in [1.82, 2.24) is 0 Å². The molecular formula is C13H16O3. The minimum Gasteiger partial charge on any atom is -0.392 e. The maximum atomic E-state index is 9.05. The van der Waals surface area contributed by atoms with Crippen LogP contribution in [-0.2, 0) is 15.3 Å². The first-order valence-electron chi connectivity index (χ1n) is 5.33. The van der Waals surface area contributed by atoms with Gasteiger partial charge in [-0.15, -0.1) is 0 Å². The van der Waals surface area contributed by atoms with Crippen LogP contribution in [0.5, 0.6) is 0 Å². The largest absolute Gasteiger partial charge is 0.392 e. The molecule has 3 heteroatoms. The smallest absolute Gasteiger partial charge is 0.192 e. The molecule has 0 unspecified atom stereocenters. The molecule has 86 valence electrons. The van der Waals surface area contributed by atoms with Crippen LogP contribution in [0.25, 0.3) is 5.57 Å². The summed E-state index contributed by atoms with van der Waals surface area (Å²) in [6.45, 7) is 6.89. The summed E-state index contributed by atoms with van der Waals surface area (Å²) in [4.78, 5) is 0. The second kappa shape index (κ2) is 4.37. The Bertz CT molecular complexity index is 392. The average Bonchev–Trinajstić information content (AvgIpc) is 2.77. The molecule has 0 spiro atoms. The minimum atomic E-state index is -0.661. The number of aliphatic hydroxyl groups is 1. The van der Waals surface area contributed by atoms with E-state index < -0.39 is 5.79 Å². The van der Waals surface area contributed by atoms with Crippen molar-refractivity contribution in [2.45, 2.75) is 12.7 Å². The molecule has 1 saturated heterocycles. The lowest BCUT2D eigenvalue weighted by Gasteiger charge is -2.23. The van der Waals surface area contributed by atoms with Crippen molar-refractivity contribution in [2.24, 2.45) is 0 Å². The Labute approximate surface area is 95.3 Å². The molecule has 0 saturated carbocycles. The number of aliphatic hydroxyl groups excluding tert-OH is 1. The van der Waals surface area contributed by atoms with E-state index in [9.17, 15) is 0 Å². The summed E-state index contributed by atoms with van der Waals surface area (Å²) in [6, 6.07) is 7.74. The van der Waals surface area contributed by atoms with Gasteiger partial charge in [0.05, 0.1) is 19.8 Å². The lowest BCUT2D eigenvalue weighted by molar-refractivity contribution is -0.149. The maximum absolute atomic E-state index is 9.05. The number of ether oxygens (including phenoxy) is 2. The number of rotatable bonds is 3. The lowest BCUT2D eigenvalue weighted by Crippen LogP contribution is -2.22. The lowest BCUT2D eigenvalue weighted by atomic mass is 10.0. The van der Waals surface area contributed by atoms with E-state index in [0.29, 0.717) is 18.8 Å². The standard InChI is InChI=1S/C13H16O3/c1-10(9-14)11-4-3-5-12(8-11)13(2)15-6-7-16-13/h3-5,8,14H,1,6-7,9H2,2H3. The van der Waals surface area contributed by atoms with E-state index in [1.165, 1.54) is 0 Å². The molecule has 1 heterocycles. The summed E-state index contributed by atoms with van der Waals surface area (Å²) in [5, 5.41) is 9.05. The van der Waals surface area contributed by atoms with Crippen molar-refractivity contribution in [3.05, 3.63) is 42.0 Å². The van der Waals surface area contributed by atoms with Crippen LogP contribution in [0, 0.1) is 0 Å². The molecule has 1 aliphatic heterocycles. The summed E-state index contributed by atoms with van der Waals surface area (Å²) >= 11 is 0. The fourth-order valence-corrected chi connectivity index (χ4v) is 1.79. The average molecular weight is 220 g/mol. The molecular weight excluding hydrogens is 204 g/mol. The van der Waals surface area contributed by atoms with E-state index in [1.54, 1.807) is 0 Å². The van der Waals surface area contributed by atoms with E-state index >= 15 is 0 Å². The zero-order valence-electron chi connectivity index (χ0n) is 9.40. The maximum Gasteiger partial charge on any atom is 0.192 e. The third-order valence-electron chi connectivity index (χ3n) is 2.82. The van der Waals surface area contributed by atoms with Gasteiger partial charge in [-0.05, 0) is 24.1 Å². The van der Waals surface area contributed by atoms with E-state index in [4.69, 9.17) is 14.6 Å². The van der Waals surface area contributed by atoms with Gasteiger partial charge in [-0.3, -0.25) is 0 Å². The summed E-state index contributed by atoms with van der Waals surface area (Å²) in [6.07, 6.45) is 0. The Hall–Kier alpha value is -1.16. The predicted octanol–water partition coefficient (Wildman–Crippen LogP) is 1.91. The van der Waals surface area contributed by atoms with E-state index in [1.807, 2.05) is 31.2 Å². The van der Waals surface area contributed by atoms with Crippen molar-refractivity contribution >= 4 is 5.57 Å². The van der Waals surface area contributed by atoms with Crippen LogP contribution in [-0.4, -0.2) is 24.9 Å². The monoisotopic (exact) mass is 220 g/mol. The first-order chi connectivity index (χ1) is 7.65. The van der Waals surface area contributed by atoms with Crippen molar-refractivity contribution < 1.29 is 14.6 Å². The summed E-state index contributed by atoms with van der Waals surface area (Å²) in [5.74, 6) is -0.661. The molecule has 1 N–H and O–H groups in total. The molecule has 0 radical (unpaired) electrons. The fraction of sp³-hybridized carbons (Fsp3) is 0.385. The molecule has 2 rings (SSSR count). The Morgan fingerprint density at radius 1 is 1.44 bits per heavy atom. The third-order valence-corrected chi connectivity index (χ3v) is 2.82. The second-order valence-corrected chi connectivity index (χ2v) is 3.99. The molecule has 16 heavy (non-hydrogen) atoms. The predicted molar refractivity (Wildman–Crippen MR) is 61.8 cm³/mol. The molecule has 0 aliphatic carbocycles. The quantitative estimate of drug-likeness (QED) is 0.845. The van der Waals surface area contributed by atoms with Gasteiger partial charge >= 0.3 is 0 Å². The second-order valence-electron chi connectivity index (χ2n) is 3.99. The SMILES string of the molecule is C=C(CO)c1cccc(C2(C)OCCO2)c1. The van der Waals surface area contributed by atoms with Gasteiger partial charge in [0.2, 0.25) is 0 Å². The first-order valence-corrected chi connectivity index (χ1v) is 5.33. The molecule has 1 aromatic carbocycles. The highest BCUT2D eigenvalue weighted by Crippen LogP contribution is 2.31. The van der Waals surface area contributed by atoms with Crippen LogP contribution >= 0.6 is 0 Å². The summed E-state index contributed by atoms with van der Waals surface area (Å²) in [7, 11) is 0. The van der Waals surface area contributed by atoms with Gasteiger partial charge in [0.25, 0.3) is 0 Å². The first kappa shape index (κ1) is 11.3. The highest BCUT2D eigenvalue weighted by atomic mass is 16.7. The van der Waals surface area contributed by atoms with Gasteiger partial charge < -0.3 is 14.6 Å². The molecule has 0 amide bonds. The van der Waals surface area contributed by atoms with Crippen LogP contribution in [0.3, 0.4) is 0 Å². The Kier molecular flexibility index (Phi) is 3.10. The van der Waals surface area contributed by atoms with E-state index in [2.05, 4.69) is 6.58 Å². The van der Waals surface area contributed by atoms with Gasteiger partial charge in [0, 0.05) is 5.56 Å². The Balaban J connectivity index is 2.32. The number of hydrogen-bond donors (Lipinski definition) is 1. The Morgan fingerprint density at radius 2 is 2.12 bits per heavy atom. The Morgan fingerprint density at radius 3 is 2.75 bits per heavy atom. The highest BCUT2D eigenvalue weighted by Gasteiger charge is 2.33. The molecule has 3 nitrogen and oxygen atoms in total. The van der Waals surface area contributed by atoms with E-state index in [-0.39, 0.29) is 6.61 Å². The minimum absolute atomic E-state index is 0.0398. The van der Waals surface area contributed by atoms with Gasteiger partial charge in [0.1, 0.15) is 0 Å². The molecule has 1 fully saturated rings. The van der Waals surface area contributed by atoms with E-state index in [0.717, 1.165) is 11.1 Å². The zero-order chi connectivity index (χ0) is 11.6. The van der Waals surface area contributed by atoms with Crippen LogP contribution in [0.15, 0.2) is 30.8 Å². The topological polar surface area (TPSA) is 38.7 Å². The molecule has 0 atom stereocenters. The molecule has 0 bridgehead atoms. The highest BCUT2D eigenvalue weighted by molar-refractivity contribution is 5.64. The van der Waals surface area contributed by atoms with Gasteiger partial charge in [0.15, 0.2) is 5.79 Å².